The van der Waals surface area contributed by atoms with Crippen molar-refractivity contribution in [3.05, 3.63) is 24.3 Å². The van der Waals surface area contributed by atoms with Gasteiger partial charge in [0, 0.05) is 0 Å². The van der Waals surface area contributed by atoms with E-state index in [0.717, 1.165) is 5.06 Å². The van der Waals surface area contributed by atoms with E-state index in [1.165, 1.54) is 7.11 Å². The van der Waals surface area contributed by atoms with E-state index in [2.05, 4.69) is 0 Å². The van der Waals surface area contributed by atoms with Crippen LogP contribution in [0.25, 0.3) is 0 Å². The summed E-state index contributed by atoms with van der Waals surface area (Å²) in [4.78, 5) is 16.2. The van der Waals surface area contributed by atoms with Gasteiger partial charge in [-0.15, -0.1) is 0 Å². The SMILES string of the molecule is CON1C(=O)C(O)Oc2ccccc21. The summed E-state index contributed by atoms with van der Waals surface area (Å²) in [7, 11) is 1.35. The van der Waals surface area contributed by atoms with Gasteiger partial charge in [-0.1, -0.05) is 12.1 Å². The molecule has 1 aliphatic rings. The lowest BCUT2D eigenvalue weighted by atomic mass is 10.2. The van der Waals surface area contributed by atoms with Gasteiger partial charge in [-0.3, -0.25) is 9.63 Å². The molecular formula is C9H9NO4. The Labute approximate surface area is 80.4 Å². The van der Waals surface area contributed by atoms with E-state index in [0.29, 0.717) is 11.4 Å². The first-order chi connectivity index (χ1) is 6.74. The second-order valence-corrected chi connectivity index (χ2v) is 2.75. The number of aliphatic hydroxyl groups is 1. The topological polar surface area (TPSA) is 59.0 Å². The Kier molecular flexibility index (Phi) is 2.11. The van der Waals surface area contributed by atoms with Gasteiger partial charge in [0.25, 0.3) is 6.29 Å². The van der Waals surface area contributed by atoms with Gasteiger partial charge in [-0.25, -0.2) is 0 Å². The molecule has 0 bridgehead atoms. The zero-order valence-electron chi connectivity index (χ0n) is 7.51. The smallest absolute Gasteiger partial charge is 0.320 e. The van der Waals surface area contributed by atoms with Crippen molar-refractivity contribution in [1.82, 2.24) is 0 Å². The molecule has 0 aromatic heterocycles. The van der Waals surface area contributed by atoms with Crippen LogP contribution < -0.4 is 9.80 Å². The van der Waals surface area contributed by atoms with Crippen molar-refractivity contribution in [2.75, 3.05) is 12.2 Å². The summed E-state index contributed by atoms with van der Waals surface area (Å²) in [5.41, 5.74) is 0.491. The zero-order valence-corrected chi connectivity index (χ0v) is 7.51. The molecule has 0 aliphatic carbocycles. The molecule has 1 aromatic rings. The van der Waals surface area contributed by atoms with Crippen LogP contribution in [0.4, 0.5) is 5.69 Å². The van der Waals surface area contributed by atoms with E-state index >= 15 is 0 Å². The first kappa shape index (κ1) is 8.98. The minimum absolute atomic E-state index is 0.418. The van der Waals surface area contributed by atoms with Crippen LogP contribution in [0.5, 0.6) is 5.75 Å². The Hall–Kier alpha value is -1.59. The Morgan fingerprint density at radius 3 is 2.93 bits per heavy atom. The van der Waals surface area contributed by atoms with Crippen molar-refractivity contribution in [2.24, 2.45) is 0 Å². The number of rotatable bonds is 1. The molecule has 0 fully saturated rings. The molecule has 0 saturated heterocycles. The number of fused-ring (bicyclic) bond motifs is 1. The number of ether oxygens (including phenoxy) is 1. The van der Waals surface area contributed by atoms with E-state index < -0.39 is 12.2 Å². The van der Waals surface area contributed by atoms with Gasteiger partial charge >= 0.3 is 5.91 Å². The highest BCUT2D eigenvalue weighted by atomic mass is 16.7. The van der Waals surface area contributed by atoms with Gasteiger partial charge in [0.1, 0.15) is 11.4 Å². The van der Waals surface area contributed by atoms with Gasteiger partial charge in [-0.2, -0.15) is 5.06 Å². The van der Waals surface area contributed by atoms with Crippen LogP contribution in [0.2, 0.25) is 0 Å². The third-order valence-corrected chi connectivity index (χ3v) is 1.92. The molecule has 5 nitrogen and oxygen atoms in total. The van der Waals surface area contributed by atoms with Crippen molar-refractivity contribution < 1.29 is 19.5 Å². The number of carbonyl (C=O) groups is 1. The molecule has 1 unspecified atom stereocenters. The third kappa shape index (κ3) is 1.23. The van der Waals surface area contributed by atoms with E-state index in [1.54, 1.807) is 24.3 Å². The van der Waals surface area contributed by atoms with Crippen molar-refractivity contribution in [2.45, 2.75) is 6.29 Å². The lowest BCUT2D eigenvalue weighted by molar-refractivity contribution is -0.150. The minimum Gasteiger partial charge on any atom is -0.453 e. The number of benzene rings is 1. The number of hydroxylamine groups is 1. The Balaban J connectivity index is 2.47. The molecule has 1 aromatic carbocycles. The molecule has 2 rings (SSSR count). The van der Waals surface area contributed by atoms with E-state index in [4.69, 9.17) is 9.57 Å². The monoisotopic (exact) mass is 195 g/mol. The molecule has 0 spiro atoms. The standard InChI is InChI=1S/C9H9NO4/c1-13-10-6-4-2-3-5-7(6)14-9(12)8(10)11/h2-5,9,12H,1H3. The summed E-state index contributed by atoms with van der Waals surface area (Å²) >= 11 is 0. The highest BCUT2D eigenvalue weighted by molar-refractivity contribution is 5.97. The van der Waals surface area contributed by atoms with Crippen LogP contribution in [-0.2, 0) is 9.63 Å². The fourth-order valence-corrected chi connectivity index (χ4v) is 1.30. The molecule has 1 amide bonds. The average molecular weight is 195 g/mol. The van der Waals surface area contributed by atoms with Crippen LogP contribution in [-0.4, -0.2) is 24.4 Å². The molecule has 0 radical (unpaired) electrons. The second-order valence-electron chi connectivity index (χ2n) is 2.75. The largest absolute Gasteiger partial charge is 0.453 e. The number of carbonyl (C=O) groups excluding carboxylic acids is 1. The highest BCUT2D eigenvalue weighted by Crippen LogP contribution is 2.32. The predicted octanol–water partition coefficient (Wildman–Crippen LogP) is 0.292. The van der Waals surface area contributed by atoms with E-state index in [1.807, 2.05) is 0 Å². The van der Waals surface area contributed by atoms with Gasteiger partial charge < -0.3 is 9.84 Å². The van der Waals surface area contributed by atoms with E-state index in [-0.39, 0.29) is 0 Å². The van der Waals surface area contributed by atoms with Crippen molar-refractivity contribution >= 4 is 11.6 Å². The molecular weight excluding hydrogens is 186 g/mol. The van der Waals surface area contributed by atoms with Crippen LogP contribution in [0.1, 0.15) is 0 Å². The molecule has 1 heterocycles. The maximum atomic E-state index is 11.3. The molecule has 14 heavy (non-hydrogen) atoms. The normalized spacial score (nSPS) is 20.3. The molecule has 1 atom stereocenters. The Morgan fingerprint density at radius 2 is 2.21 bits per heavy atom. The fourth-order valence-electron chi connectivity index (χ4n) is 1.30. The van der Waals surface area contributed by atoms with Gasteiger partial charge in [-0.05, 0) is 12.1 Å². The Bertz CT molecular complexity index is 366. The lowest BCUT2D eigenvalue weighted by Crippen LogP contribution is -2.45. The molecule has 1 aliphatic heterocycles. The summed E-state index contributed by atoms with van der Waals surface area (Å²) in [5.74, 6) is -0.215. The maximum absolute atomic E-state index is 11.3. The number of anilines is 1. The van der Waals surface area contributed by atoms with Crippen LogP contribution in [0.3, 0.4) is 0 Å². The quantitative estimate of drug-likeness (QED) is 0.699. The summed E-state index contributed by atoms with van der Waals surface area (Å²) < 4.78 is 4.96. The predicted molar refractivity (Wildman–Crippen MR) is 47.6 cm³/mol. The maximum Gasteiger partial charge on any atom is 0.320 e. The molecule has 1 N–H and O–H groups in total. The number of aliphatic hydroxyl groups excluding tert-OH is 1. The summed E-state index contributed by atoms with van der Waals surface area (Å²) in [6.07, 6.45) is -1.50. The number of para-hydroxylation sites is 2. The van der Waals surface area contributed by atoms with Gasteiger partial charge in [0.05, 0.1) is 7.11 Å². The molecule has 0 saturated carbocycles. The van der Waals surface area contributed by atoms with Crippen LogP contribution in [0.15, 0.2) is 24.3 Å². The highest BCUT2D eigenvalue weighted by Gasteiger charge is 2.33. The average Bonchev–Trinajstić information content (AvgIpc) is 2.20. The number of nitrogens with zero attached hydrogens (tertiary/aromatic N) is 1. The van der Waals surface area contributed by atoms with Crippen LogP contribution in [0, 0.1) is 0 Å². The summed E-state index contributed by atoms with van der Waals surface area (Å²) in [5, 5.41) is 10.2. The zero-order chi connectivity index (χ0) is 10.1. The van der Waals surface area contributed by atoms with Crippen LogP contribution >= 0.6 is 0 Å². The summed E-state index contributed by atoms with van der Waals surface area (Å²) in [6, 6.07) is 6.81. The first-order valence-electron chi connectivity index (χ1n) is 4.06. The number of amides is 1. The first-order valence-corrected chi connectivity index (χ1v) is 4.06. The third-order valence-electron chi connectivity index (χ3n) is 1.92. The van der Waals surface area contributed by atoms with Crippen molar-refractivity contribution in [3.8, 4) is 5.75 Å². The summed E-state index contributed by atoms with van der Waals surface area (Å²) in [6.45, 7) is 0. The Morgan fingerprint density at radius 1 is 1.50 bits per heavy atom. The van der Waals surface area contributed by atoms with Crippen molar-refractivity contribution in [1.29, 1.82) is 0 Å². The van der Waals surface area contributed by atoms with Crippen molar-refractivity contribution in [3.63, 3.8) is 0 Å². The molecule has 74 valence electrons. The number of hydrogen-bond donors (Lipinski definition) is 1. The fraction of sp³-hybridized carbons (Fsp3) is 0.222. The van der Waals surface area contributed by atoms with E-state index in [9.17, 15) is 9.90 Å². The van der Waals surface area contributed by atoms with Gasteiger partial charge in [0.2, 0.25) is 0 Å². The minimum atomic E-state index is -1.50. The van der Waals surface area contributed by atoms with Gasteiger partial charge in [0.15, 0.2) is 0 Å². The number of hydrogen-bond acceptors (Lipinski definition) is 4. The second kappa shape index (κ2) is 3.28. The molecule has 5 heteroatoms. The lowest BCUT2D eigenvalue weighted by Gasteiger charge is -2.29.